The summed E-state index contributed by atoms with van der Waals surface area (Å²) in [7, 11) is 1.82. The average molecular weight is 185 g/mol. The predicted molar refractivity (Wildman–Crippen MR) is 55.7 cm³/mol. The second kappa shape index (κ2) is 4.97. The third-order valence-corrected chi connectivity index (χ3v) is 3.58. The van der Waals surface area contributed by atoms with Gasteiger partial charge < -0.3 is 10.5 Å². The fourth-order valence-corrected chi connectivity index (χ4v) is 2.47. The Kier molecular flexibility index (Phi) is 4.20. The maximum atomic E-state index is 5.64. The number of methoxy groups -OCH3 is 1. The van der Waals surface area contributed by atoms with Crippen LogP contribution < -0.4 is 5.73 Å². The van der Waals surface area contributed by atoms with E-state index in [-0.39, 0.29) is 5.60 Å². The largest absolute Gasteiger partial charge is 0.378 e. The van der Waals surface area contributed by atoms with Gasteiger partial charge in [0.25, 0.3) is 0 Å². The second-order valence-corrected chi connectivity index (χ2v) is 4.39. The molecule has 2 heteroatoms. The van der Waals surface area contributed by atoms with Gasteiger partial charge in [-0.05, 0) is 38.6 Å². The van der Waals surface area contributed by atoms with Crippen LogP contribution in [-0.4, -0.2) is 19.3 Å². The van der Waals surface area contributed by atoms with Crippen LogP contribution >= 0.6 is 0 Å². The van der Waals surface area contributed by atoms with Crippen molar-refractivity contribution in [2.45, 2.75) is 51.0 Å². The first-order valence-electron chi connectivity index (χ1n) is 5.48. The highest BCUT2D eigenvalue weighted by Crippen LogP contribution is 2.36. The van der Waals surface area contributed by atoms with E-state index in [9.17, 15) is 0 Å². The smallest absolute Gasteiger partial charge is 0.0690 e. The van der Waals surface area contributed by atoms with Gasteiger partial charge in [-0.25, -0.2) is 0 Å². The molecule has 0 bridgehead atoms. The van der Waals surface area contributed by atoms with Crippen molar-refractivity contribution < 1.29 is 4.74 Å². The van der Waals surface area contributed by atoms with Crippen molar-refractivity contribution >= 4 is 0 Å². The van der Waals surface area contributed by atoms with E-state index in [0.29, 0.717) is 0 Å². The molecule has 13 heavy (non-hydrogen) atoms. The van der Waals surface area contributed by atoms with Crippen LogP contribution in [0.4, 0.5) is 0 Å². The monoisotopic (exact) mass is 185 g/mol. The highest BCUT2D eigenvalue weighted by Gasteiger charge is 2.33. The number of ether oxygens (including phenoxy) is 1. The summed E-state index contributed by atoms with van der Waals surface area (Å²) in [5.41, 5.74) is 5.65. The molecule has 0 aromatic carbocycles. The zero-order valence-corrected chi connectivity index (χ0v) is 9.01. The van der Waals surface area contributed by atoms with Gasteiger partial charge in [0, 0.05) is 7.11 Å². The Morgan fingerprint density at radius 1 is 1.31 bits per heavy atom. The Labute approximate surface area is 81.8 Å². The van der Waals surface area contributed by atoms with Crippen molar-refractivity contribution in [3.8, 4) is 0 Å². The quantitative estimate of drug-likeness (QED) is 0.729. The van der Waals surface area contributed by atoms with Gasteiger partial charge in [0.05, 0.1) is 5.60 Å². The Hall–Kier alpha value is -0.0800. The van der Waals surface area contributed by atoms with Crippen molar-refractivity contribution in [3.05, 3.63) is 0 Å². The lowest BCUT2D eigenvalue weighted by Crippen LogP contribution is -2.39. The molecule has 0 spiro atoms. The van der Waals surface area contributed by atoms with Gasteiger partial charge in [0.15, 0.2) is 0 Å². The van der Waals surface area contributed by atoms with Crippen molar-refractivity contribution in [2.24, 2.45) is 11.7 Å². The van der Waals surface area contributed by atoms with E-state index in [1.165, 1.54) is 32.1 Å². The molecule has 1 saturated carbocycles. The van der Waals surface area contributed by atoms with E-state index in [2.05, 4.69) is 6.92 Å². The Morgan fingerprint density at radius 2 is 1.92 bits per heavy atom. The van der Waals surface area contributed by atoms with E-state index in [4.69, 9.17) is 10.5 Å². The fraction of sp³-hybridized carbons (Fsp3) is 1.00. The summed E-state index contributed by atoms with van der Waals surface area (Å²) in [6, 6.07) is 0. The summed E-state index contributed by atoms with van der Waals surface area (Å²) in [5.74, 6) is 0.731. The van der Waals surface area contributed by atoms with Gasteiger partial charge in [0.1, 0.15) is 0 Å². The average Bonchev–Trinajstić information content (AvgIpc) is 2.19. The molecule has 0 aliphatic heterocycles. The van der Waals surface area contributed by atoms with Crippen LogP contribution in [0, 0.1) is 5.92 Å². The lowest BCUT2D eigenvalue weighted by Gasteiger charge is -2.38. The van der Waals surface area contributed by atoms with E-state index < -0.39 is 0 Å². The number of hydrogen-bond acceptors (Lipinski definition) is 2. The van der Waals surface area contributed by atoms with E-state index >= 15 is 0 Å². The molecule has 78 valence electrons. The minimum atomic E-state index is 0.0369. The van der Waals surface area contributed by atoms with Gasteiger partial charge in [0.2, 0.25) is 0 Å². The third kappa shape index (κ3) is 2.68. The molecule has 1 aliphatic rings. The van der Waals surface area contributed by atoms with Crippen LogP contribution in [0.1, 0.15) is 45.4 Å². The van der Waals surface area contributed by atoms with Gasteiger partial charge >= 0.3 is 0 Å². The lowest BCUT2D eigenvalue weighted by atomic mass is 9.76. The molecule has 0 aromatic heterocycles. The van der Waals surface area contributed by atoms with Crippen LogP contribution in [0.5, 0.6) is 0 Å². The van der Waals surface area contributed by atoms with Crippen LogP contribution in [0.3, 0.4) is 0 Å². The zero-order chi connectivity index (χ0) is 9.73. The molecule has 1 unspecified atom stereocenters. The third-order valence-electron chi connectivity index (χ3n) is 3.58. The molecule has 1 fully saturated rings. The normalized spacial score (nSPS) is 24.2. The van der Waals surface area contributed by atoms with E-state index in [0.717, 1.165) is 18.9 Å². The molecule has 1 aliphatic carbocycles. The molecule has 2 nitrogen and oxygen atoms in total. The molecular formula is C11H23NO. The Bertz CT molecular complexity index is 143. The SMILES string of the molecule is COC(C)(CCN)C1CCCCC1. The maximum Gasteiger partial charge on any atom is 0.0690 e. The minimum Gasteiger partial charge on any atom is -0.378 e. The van der Waals surface area contributed by atoms with Crippen LogP contribution in [0.2, 0.25) is 0 Å². The highest BCUT2D eigenvalue weighted by molar-refractivity contribution is 4.86. The van der Waals surface area contributed by atoms with Crippen LogP contribution in [0.15, 0.2) is 0 Å². The maximum absolute atomic E-state index is 5.64. The van der Waals surface area contributed by atoms with Crippen molar-refractivity contribution in [1.82, 2.24) is 0 Å². The highest BCUT2D eigenvalue weighted by atomic mass is 16.5. The lowest BCUT2D eigenvalue weighted by molar-refractivity contribution is -0.0592. The van der Waals surface area contributed by atoms with Gasteiger partial charge in [-0.1, -0.05) is 19.3 Å². The topological polar surface area (TPSA) is 35.2 Å². The summed E-state index contributed by atoms with van der Waals surface area (Å²) >= 11 is 0. The fourth-order valence-electron chi connectivity index (χ4n) is 2.47. The molecule has 2 N–H and O–H groups in total. The van der Waals surface area contributed by atoms with Crippen molar-refractivity contribution in [1.29, 1.82) is 0 Å². The Morgan fingerprint density at radius 3 is 2.38 bits per heavy atom. The first-order chi connectivity index (χ1) is 6.23. The first-order valence-corrected chi connectivity index (χ1v) is 5.48. The summed E-state index contributed by atoms with van der Waals surface area (Å²) in [5, 5.41) is 0. The molecular weight excluding hydrogens is 162 g/mol. The van der Waals surface area contributed by atoms with Crippen molar-refractivity contribution in [2.75, 3.05) is 13.7 Å². The van der Waals surface area contributed by atoms with Crippen LogP contribution in [-0.2, 0) is 4.74 Å². The molecule has 0 amide bonds. The number of nitrogens with two attached hydrogens (primary N) is 1. The first kappa shape index (κ1) is 11.0. The summed E-state index contributed by atoms with van der Waals surface area (Å²) < 4.78 is 5.64. The molecule has 0 aromatic rings. The molecule has 0 radical (unpaired) electrons. The Balaban J connectivity index is 2.51. The second-order valence-electron chi connectivity index (χ2n) is 4.39. The van der Waals surface area contributed by atoms with Crippen molar-refractivity contribution in [3.63, 3.8) is 0 Å². The molecule has 1 atom stereocenters. The summed E-state index contributed by atoms with van der Waals surface area (Å²) in [6.07, 6.45) is 7.78. The predicted octanol–water partition coefficient (Wildman–Crippen LogP) is 2.32. The van der Waals surface area contributed by atoms with Gasteiger partial charge in [-0.3, -0.25) is 0 Å². The van der Waals surface area contributed by atoms with Gasteiger partial charge in [-0.15, -0.1) is 0 Å². The van der Waals surface area contributed by atoms with E-state index in [1.807, 2.05) is 7.11 Å². The number of rotatable bonds is 4. The summed E-state index contributed by atoms with van der Waals surface area (Å²) in [6.45, 7) is 2.96. The summed E-state index contributed by atoms with van der Waals surface area (Å²) in [4.78, 5) is 0. The molecule has 1 rings (SSSR count). The zero-order valence-electron chi connectivity index (χ0n) is 9.01. The molecule has 0 heterocycles. The minimum absolute atomic E-state index is 0.0369. The number of hydrogen-bond donors (Lipinski definition) is 1. The van der Waals surface area contributed by atoms with E-state index in [1.54, 1.807) is 0 Å². The molecule has 0 saturated heterocycles. The standard InChI is InChI=1S/C11H23NO/c1-11(13-2,8-9-12)10-6-4-3-5-7-10/h10H,3-9,12H2,1-2H3. The van der Waals surface area contributed by atoms with Crippen LogP contribution in [0.25, 0.3) is 0 Å². The van der Waals surface area contributed by atoms with Gasteiger partial charge in [-0.2, -0.15) is 0 Å².